The van der Waals surface area contributed by atoms with Gasteiger partial charge in [0.2, 0.25) is 0 Å². The van der Waals surface area contributed by atoms with Crippen LogP contribution in [0.5, 0.6) is 0 Å². The zero-order valence-electron chi connectivity index (χ0n) is 11.1. The minimum Gasteiger partial charge on any atom is -0.477 e. The summed E-state index contributed by atoms with van der Waals surface area (Å²) in [5, 5.41) is 9.11. The molecule has 0 aliphatic rings. The average Bonchev–Trinajstić information content (AvgIpc) is 2.37. The van der Waals surface area contributed by atoms with Gasteiger partial charge in [-0.2, -0.15) is 0 Å². The highest BCUT2D eigenvalue weighted by molar-refractivity contribution is 5.93. The first-order chi connectivity index (χ1) is 8.99. The molecule has 0 bridgehead atoms. The van der Waals surface area contributed by atoms with Crippen LogP contribution in [0.4, 0.5) is 5.82 Å². The molecule has 2 rings (SSSR count). The van der Waals surface area contributed by atoms with Crippen molar-refractivity contribution < 1.29 is 9.90 Å². The Kier molecular flexibility index (Phi) is 3.46. The summed E-state index contributed by atoms with van der Waals surface area (Å²) < 4.78 is 0. The molecule has 1 aromatic carbocycles. The van der Waals surface area contributed by atoms with E-state index in [1.807, 2.05) is 31.2 Å². The maximum absolute atomic E-state index is 11.1. The fourth-order valence-corrected chi connectivity index (χ4v) is 1.79. The summed E-state index contributed by atoms with van der Waals surface area (Å²) in [7, 11) is 3.52. The van der Waals surface area contributed by atoms with E-state index in [1.54, 1.807) is 19.0 Å². The Balaban J connectivity index is 2.55. The van der Waals surface area contributed by atoms with Crippen LogP contribution < -0.4 is 4.90 Å². The number of carbonyl (C=O) groups is 1. The summed E-state index contributed by atoms with van der Waals surface area (Å²) in [6, 6.07) is 7.79. The molecule has 0 saturated heterocycles. The Bertz CT molecular complexity index is 624. The number of hydrogen-bond acceptors (Lipinski definition) is 4. The van der Waals surface area contributed by atoms with Crippen LogP contribution in [0.25, 0.3) is 11.4 Å². The lowest BCUT2D eigenvalue weighted by atomic mass is 10.1. The molecule has 0 aliphatic carbocycles. The number of carboxylic acid groups (broad SMARTS) is 1. The van der Waals surface area contributed by atoms with Crippen molar-refractivity contribution in [1.82, 2.24) is 9.97 Å². The molecule has 1 N–H and O–H groups in total. The van der Waals surface area contributed by atoms with Gasteiger partial charge in [0.1, 0.15) is 11.4 Å². The lowest BCUT2D eigenvalue weighted by molar-refractivity contribution is 0.0697. The van der Waals surface area contributed by atoms with E-state index in [0.29, 0.717) is 11.6 Å². The van der Waals surface area contributed by atoms with Crippen molar-refractivity contribution in [2.75, 3.05) is 19.0 Å². The summed E-state index contributed by atoms with van der Waals surface area (Å²) in [5.41, 5.74) is 2.08. The molecule has 1 aromatic heterocycles. The minimum atomic E-state index is -1.03. The summed E-state index contributed by atoms with van der Waals surface area (Å²) in [6.45, 7) is 1.99. The number of aromatic carboxylic acids is 1. The van der Waals surface area contributed by atoms with E-state index >= 15 is 0 Å². The first kappa shape index (κ1) is 13.0. The van der Waals surface area contributed by atoms with Gasteiger partial charge in [0, 0.05) is 25.9 Å². The Morgan fingerprint density at radius 2 is 2.05 bits per heavy atom. The van der Waals surface area contributed by atoms with Crippen LogP contribution in [0.15, 0.2) is 30.5 Å². The van der Waals surface area contributed by atoms with E-state index in [9.17, 15) is 4.79 Å². The molecular weight excluding hydrogens is 242 g/mol. The summed E-state index contributed by atoms with van der Waals surface area (Å²) in [4.78, 5) is 21.3. The van der Waals surface area contributed by atoms with Gasteiger partial charge in [-0.05, 0) is 13.0 Å². The molecule has 0 aliphatic heterocycles. The van der Waals surface area contributed by atoms with Crippen molar-refractivity contribution in [3.8, 4) is 11.4 Å². The number of anilines is 1. The van der Waals surface area contributed by atoms with E-state index in [1.165, 1.54) is 6.20 Å². The second kappa shape index (κ2) is 5.06. The largest absolute Gasteiger partial charge is 0.477 e. The van der Waals surface area contributed by atoms with Gasteiger partial charge >= 0.3 is 5.97 Å². The average molecular weight is 257 g/mol. The normalized spacial score (nSPS) is 10.3. The van der Waals surface area contributed by atoms with Gasteiger partial charge in [-0.15, -0.1) is 0 Å². The standard InChI is InChI=1S/C14H15N3O2/c1-9-5-4-6-10(7-9)12-15-8-11(14(18)19)13(16-12)17(2)3/h4-8H,1-3H3,(H,18,19). The number of rotatable bonds is 3. The highest BCUT2D eigenvalue weighted by Crippen LogP contribution is 2.21. The number of aromatic nitrogens is 2. The molecule has 19 heavy (non-hydrogen) atoms. The molecule has 5 heteroatoms. The number of nitrogens with zero attached hydrogens (tertiary/aromatic N) is 3. The predicted molar refractivity (Wildman–Crippen MR) is 73.5 cm³/mol. The quantitative estimate of drug-likeness (QED) is 0.913. The summed E-state index contributed by atoms with van der Waals surface area (Å²) in [5.74, 6) is -0.101. The van der Waals surface area contributed by atoms with Crippen molar-refractivity contribution >= 4 is 11.8 Å². The van der Waals surface area contributed by atoms with Crippen molar-refractivity contribution in [3.63, 3.8) is 0 Å². The number of benzene rings is 1. The third-order valence-corrected chi connectivity index (χ3v) is 2.70. The van der Waals surface area contributed by atoms with Gasteiger partial charge in [-0.3, -0.25) is 0 Å². The molecule has 0 fully saturated rings. The third-order valence-electron chi connectivity index (χ3n) is 2.70. The van der Waals surface area contributed by atoms with Crippen LogP contribution in [0.1, 0.15) is 15.9 Å². The predicted octanol–water partition coefficient (Wildman–Crippen LogP) is 2.22. The number of carboxylic acids is 1. The maximum Gasteiger partial charge on any atom is 0.341 e. The molecule has 0 spiro atoms. The monoisotopic (exact) mass is 257 g/mol. The lowest BCUT2D eigenvalue weighted by Crippen LogP contribution is -2.16. The van der Waals surface area contributed by atoms with Gasteiger partial charge in [0.15, 0.2) is 5.82 Å². The molecule has 1 heterocycles. The second-order valence-electron chi connectivity index (χ2n) is 4.50. The van der Waals surface area contributed by atoms with E-state index in [2.05, 4.69) is 9.97 Å². The van der Waals surface area contributed by atoms with E-state index < -0.39 is 5.97 Å². The minimum absolute atomic E-state index is 0.0985. The maximum atomic E-state index is 11.1. The molecule has 0 saturated carbocycles. The number of hydrogen-bond donors (Lipinski definition) is 1. The van der Waals surface area contributed by atoms with E-state index in [-0.39, 0.29) is 5.56 Å². The highest BCUT2D eigenvalue weighted by Gasteiger charge is 2.15. The van der Waals surface area contributed by atoms with E-state index in [0.717, 1.165) is 11.1 Å². The second-order valence-corrected chi connectivity index (χ2v) is 4.50. The molecule has 0 amide bonds. The number of aryl methyl sites for hydroxylation is 1. The summed E-state index contributed by atoms with van der Waals surface area (Å²) in [6.07, 6.45) is 1.35. The fourth-order valence-electron chi connectivity index (χ4n) is 1.79. The highest BCUT2D eigenvalue weighted by atomic mass is 16.4. The topological polar surface area (TPSA) is 66.3 Å². The van der Waals surface area contributed by atoms with Gasteiger partial charge in [0.05, 0.1) is 0 Å². The van der Waals surface area contributed by atoms with Crippen LogP contribution >= 0.6 is 0 Å². The van der Waals surface area contributed by atoms with Gasteiger partial charge < -0.3 is 10.0 Å². The van der Waals surface area contributed by atoms with Crippen LogP contribution in [0.2, 0.25) is 0 Å². The molecule has 0 atom stereocenters. The van der Waals surface area contributed by atoms with E-state index in [4.69, 9.17) is 5.11 Å². The Hall–Kier alpha value is -2.43. The smallest absolute Gasteiger partial charge is 0.341 e. The molecule has 5 nitrogen and oxygen atoms in total. The zero-order valence-corrected chi connectivity index (χ0v) is 11.1. The summed E-state index contributed by atoms with van der Waals surface area (Å²) >= 11 is 0. The van der Waals surface area contributed by atoms with Crippen molar-refractivity contribution in [2.45, 2.75) is 6.92 Å². The molecule has 2 aromatic rings. The van der Waals surface area contributed by atoms with Crippen molar-refractivity contribution in [1.29, 1.82) is 0 Å². The van der Waals surface area contributed by atoms with Crippen molar-refractivity contribution in [3.05, 3.63) is 41.6 Å². The SMILES string of the molecule is Cc1cccc(-c2ncc(C(=O)O)c(N(C)C)n2)c1. The first-order valence-electron chi connectivity index (χ1n) is 5.83. The van der Waals surface area contributed by atoms with Crippen LogP contribution in [0.3, 0.4) is 0 Å². The molecular formula is C14H15N3O2. The van der Waals surface area contributed by atoms with Gasteiger partial charge in [0.25, 0.3) is 0 Å². The Morgan fingerprint density at radius 3 is 2.63 bits per heavy atom. The van der Waals surface area contributed by atoms with Gasteiger partial charge in [-0.1, -0.05) is 23.8 Å². The molecule has 98 valence electrons. The zero-order chi connectivity index (χ0) is 14.0. The van der Waals surface area contributed by atoms with Crippen LogP contribution in [-0.2, 0) is 0 Å². The fraction of sp³-hybridized carbons (Fsp3) is 0.214. The van der Waals surface area contributed by atoms with Crippen molar-refractivity contribution in [2.24, 2.45) is 0 Å². The molecule has 0 radical (unpaired) electrons. The Labute approximate surface area is 111 Å². The van der Waals surface area contributed by atoms with Crippen LogP contribution in [0, 0.1) is 6.92 Å². The van der Waals surface area contributed by atoms with Crippen LogP contribution in [-0.4, -0.2) is 35.1 Å². The van der Waals surface area contributed by atoms with Gasteiger partial charge in [-0.25, -0.2) is 14.8 Å². The Morgan fingerprint density at radius 1 is 1.32 bits per heavy atom. The third kappa shape index (κ3) is 2.70. The lowest BCUT2D eigenvalue weighted by Gasteiger charge is -2.14. The molecule has 0 unspecified atom stereocenters. The first-order valence-corrected chi connectivity index (χ1v) is 5.83.